The number of amides is 2. The van der Waals surface area contributed by atoms with Crippen molar-refractivity contribution < 1.29 is 27.7 Å². The molecular weight excluding hydrogens is 559 g/mol. The number of halogens is 2. The Kier molecular flexibility index (Phi) is 11.2. The molecule has 0 aliphatic rings. The second-order valence-electron chi connectivity index (χ2n) is 8.36. The molecule has 0 spiro atoms. The molecule has 1 atom stereocenters. The van der Waals surface area contributed by atoms with E-state index in [0.717, 1.165) is 18.4 Å². The van der Waals surface area contributed by atoms with Crippen LogP contribution in [0.15, 0.2) is 36.4 Å². The Hall–Kier alpha value is -3.09. The first-order chi connectivity index (χ1) is 17.8. The molecule has 11 nitrogen and oxygen atoms in total. The number of carbonyl (C=O) groups excluding carboxylic acids is 2. The molecule has 0 unspecified atom stereocenters. The lowest BCUT2D eigenvalue weighted by molar-refractivity contribution is -0.384. The van der Waals surface area contributed by atoms with Gasteiger partial charge in [0.2, 0.25) is 21.8 Å². The van der Waals surface area contributed by atoms with Crippen molar-refractivity contribution in [2.75, 3.05) is 30.8 Å². The maximum atomic E-state index is 13.7. The first kappa shape index (κ1) is 31.1. The maximum Gasteiger partial charge on any atom is 0.271 e. The quantitative estimate of drug-likeness (QED) is 0.275. The lowest BCUT2D eigenvalue weighted by Gasteiger charge is -2.33. The van der Waals surface area contributed by atoms with Crippen LogP contribution in [0.2, 0.25) is 10.0 Å². The second kappa shape index (κ2) is 13.6. The van der Waals surface area contributed by atoms with Gasteiger partial charge >= 0.3 is 0 Å². The molecule has 0 heterocycles. The number of anilines is 1. The third kappa shape index (κ3) is 7.95. The van der Waals surface area contributed by atoms with Crippen LogP contribution in [0.3, 0.4) is 0 Å². The van der Waals surface area contributed by atoms with Crippen molar-refractivity contribution in [1.82, 2.24) is 10.2 Å². The van der Waals surface area contributed by atoms with E-state index in [-0.39, 0.29) is 29.4 Å². The Morgan fingerprint density at radius 3 is 2.37 bits per heavy atom. The molecule has 2 aromatic carbocycles. The van der Waals surface area contributed by atoms with Crippen LogP contribution < -0.4 is 14.4 Å². The number of nitrogens with one attached hydrogen (secondary N) is 1. The Balaban J connectivity index is 2.58. The molecule has 2 amide bonds. The van der Waals surface area contributed by atoms with Crippen molar-refractivity contribution in [3.63, 3.8) is 0 Å². The molecule has 0 fully saturated rings. The summed E-state index contributed by atoms with van der Waals surface area (Å²) < 4.78 is 31.6. The van der Waals surface area contributed by atoms with Crippen molar-refractivity contribution >= 4 is 56.4 Å². The minimum absolute atomic E-state index is 0.00820. The Labute approximate surface area is 231 Å². The van der Waals surface area contributed by atoms with Gasteiger partial charge in [0.1, 0.15) is 24.0 Å². The molecule has 0 saturated heterocycles. The van der Waals surface area contributed by atoms with E-state index in [1.54, 1.807) is 19.1 Å². The van der Waals surface area contributed by atoms with Crippen LogP contribution in [-0.4, -0.2) is 62.6 Å². The molecule has 0 saturated carbocycles. The minimum atomic E-state index is -4.14. The number of nitro groups is 1. The predicted octanol–water partition coefficient (Wildman–Crippen LogP) is 4.01. The molecule has 0 aliphatic heterocycles. The zero-order chi connectivity index (χ0) is 28.6. The van der Waals surface area contributed by atoms with Crippen molar-refractivity contribution in [2.45, 2.75) is 39.3 Å². The van der Waals surface area contributed by atoms with Gasteiger partial charge in [0.05, 0.1) is 18.3 Å². The number of non-ortho nitro benzene ring substituents is 1. The molecule has 2 aromatic rings. The zero-order valence-corrected chi connectivity index (χ0v) is 23.8. The number of sulfonamides is 1. The number of ether oxygens (including phenoxy) is 1. The van der Waals surface area contributed by atoms with Gasteiger partial charge in [-0.3, -0.25) is 24.0 Å². The zero-order valence-electron chi connectivity index (χ0n) is 21.4. The van der Waals surface area contributed by atoms with Gasteiger partial charge in [0, 0.05) is 35.3 Å². The number of hydrogen-bond donors (Lipinski definition) is 1. The molecule has 14 heteroatoms. The first-order valence-corrected chi connectivity index (χ1v) is 14.3. The van der Waals surface area contributed by atoms with Crippen LogP contribution in [0.1, 0.15) is 32.3 Å². The highest BCUT2D eigenvalue weighted by Gasteiger charge is 2.33. The smallest absolute Gasteiger partial charge is 0.271 e. The number of methoxy groups -OCH3 is 1. The van der Waals surface area contributed by atoms with E-state index < -0.39 is 45.0 Å². The summed E-state index contributed by atoms with van der Waals surface area (Å²) in [5.74, 6) is -1.13. The summed E-state index contributed by atoms with van der Waals surface area (Å²) in [7, 11) is -2.87. The van der Waals surface area contributed by atoms with Gasteiger partial charge in [-0.1, -0.05) is 43.1 Å². The molecule has 0 aromatic heterocycles. The standard InChI is InChI=1S/C24H30Cl2N4O7S/c1-5-11-27-24(32)20(6-2)28(14-16-7-8-17(25)12-19(16)26)23(31)15-29(38(4,35)36)21-13-18(30(33)34)9-10-22(21)37-3/h7-10,12-13,20H,5-6,11,14-15H2,1-4H3,(H,27,32)/t20-/m0/s1. The first-order valence-electron chi connectivity index (χ1n) is 11.6. The third-order valence-electron chi connectivity index (χ3n) is 5.61. The van der Waals surface area contributed by atoms with E-state index in [4.69, 9.17) is 27.9 Å². The van der Waals surface area contributed by atoms with Crippen LogP contribution in [-0.2, 0) is 26.2 Å². The summed E-state index contributed by atoms with van der Waals surface area (Å²) in [6.07, 6.45) is 1.77. The van der Waals surface area contributed by atoms with Crippen molar-refractivity contribution in [2.24, 2.45) is 0 Å². The number of hydrogen-bond acceptors (Lipinski definition) is 7. The van der Waals surface area contributed by atoms with Crippen LogP contribution in [0.25, 0.3) is 0 Å². The highest BCUT2D eigenvalue weighted by molar-refractivity contribution is 7.92. The summed E-state index contributed by atoms with van der Waals surface area (Å²) in [6.45, 7) is 3.13. The largest absolute Gasteiger partial charge is 0.495 e. The molecule has 208 valence electrons. The normalized spacial score (nSPS) is 11.9. The summed E-state index contributed by atoms with van der Waals surface area (Å²) in [5.41, 5.74) is -0.0902. The number of nitro benzene ring substituents is 1. The summed E-state index contributed by atoms with van der Waals surface area (Å²) in [6, 6.07) is 7.16. The molecule has 1 N–H and O–H groups in total. The average molecular weight is 589 g/mol. The summed E-state index contributed by atoms with van der Waals surface area (Å²) in [5, 5.41) is 14.8. The highest BCUT2D eigenvalue weighted by atomic mass is 35.5. The fraction of sp³-hybridized carbons (Fsp3) is 0.417. The van der Waals surface area contributed by atoms with Crippen LogP contribution in [0.4, 0.5) is 11.4 Å². The minimum Gasteiger partial charge on any atom is -0.495 e. The number of nitrogens with zero attached hydrogens (tertiary/aromatic N) is 3. The molecule has 0 radical (unpaired) electrons. The van der Waals surface area contributed by atoms with Crippen LogP contribution in [0, 0.1) is 10.1 Å². The lowest BCUT2D eigenvalue weighted by atomic mass is 10.1. The second-order valence-corrected chi connectivity index (χ2v) is 11.1. The predicted molar refractivity (Wildman–Crippen MR) is 146 cm³/mol. The van der Waals surface area contributed by atoms with Gasteiger partial charge in [0.25, 0.3) is 5.69 Å². The van der Waals surface area contributed by atoms with E-state index in [9.17, 15) is 28.1 Å². The molecule has 0 aliphatic carbocycles. The third-order valence-corrected chi connectivity index (χ3v) is 7.33. The molecule has 2 rings (SSSR count). The summed E-state index contributed by atoms with van der Waals surface area (Å²) in [4.78, 5) is 38.7. The van der Waals surface area contributed by atoms with E-state index in [0.29, 0.717) is 27.9 Å². The van der Waals surface area contributed by atoms with Gasteiger partial charge in [-0.15, -0.1) is 0 Å². The molecule has 38 heavy (non-hydrogen) atoms. The van der Waals surface area contributed by atoms with Gasteiger partial charge in [-0.2, -0.15) is 0 Å². The monoisotopic (exact) mass is 588 g/mol. The molecular formula is C24H30Cl2N4O7S. The van der Waals surface area contributed by atoms with E-state index in [1.165, 1.54) is 24.1 Å². The van der Waals surface area contributed by atoms with E-state index in [1.807, 2.05) is 6.92 Å². The lowest BCUT2D eigenvalue weighted by Crippen LogP contribution is -2.52. The summed E-state index contributed by atoms with van der Waals surface area (Å²) >= 11 is 12.3. The number of carbonyl (C=O) groups is 2. The van der Waals surface area contributed by atoms with Crippen LogP contribution in [0.5, 0.6) is 5.75 Å². The highest BCUT2D eigenvalue weighted by Crippen LogP contribution is 2.34. The van der Waals surface area contributed by atoms with E-state index in [2.05, 4.69) is 5.32 Å². The van der Waals surface area contributed by atoms with Gasteiger partial charge in [0.15, 0.2) is 0 Å². The maximum absolute atomic E-state index is 13.7. The van der Waals surface area contributed by atoms with Gasteiger partial charge in [-0.05, 0) is 36.6 Å². The Bertz CT molecular complexity index is 1290. The SMILES string of the molecule is CCCNC(=O)[C@H](CC)N(Cc1ccc(Cl)cc1Cl)C(=O)CN(c1cc([N+](=O)[O-])ccc1OC)S(C)(=O)=O. The van der Waals surface area contributed by atoms with E-state index >= 15 is 0 Å². The number of benzene rings is 2. The van der Waals surface area contributed by atoms with Crippen molar-refractivity contribution in [1.29, 1.82) is 0 Å². The fourth-order valence-electron chi connectivity index (χ4n) is 3.70. The average Bonchev–Trinajstić information content (AvgIpc) is 2.85. The topological polar surface area (TPSA) is 139 Å². The van der Waals surface area contributed by atoms with Crippen molar-refractivity contribution in [3.05, 3.63) is 62.1 Å². The van der Waals surface area contributed by atoms with Gasteiger partial charge in [-0.25, -0.2) is 8.42 Å². The van der Waals surface area contributed by atoms with Crippen molar-refractivity contribution in [3.8, 4) is 5.75 Å². The van der Waals surface area contributed by atoms with Gasteiger partial charge < -0.3 is 15.0 Å². The Morgan fingerprint density at radius 2 is 1.84 bits per heavy atom. The number of rotatable bonds is 13. The van der Waals surface area contributed by atoms with Crippen LogP contribution >= 0.6 is 23.2 Å². The fourth-order valence-corrected chi connectivity index (χ4v) is 5.01. The Morgan fingerprint density at radius 1 is 1.16 bits per heavy atom. The molecule has 0 bridgehead atoms.